The molecule has 0 spiro atoms. The monoisotopic (exact) mass is 323 g/mol. The Labute approximate surface area is 143 Å². The van der Waals surface area contributed by atoms with Crippen LogP contribution >= 0.6 is 0 Å². The maximum absolute atomic E-state index is 12.4. The van der Waals surface area contributed by atoms with E-state index in [1.165, 1.54) is 22.4 Å². The summed E-state index contributed by atoms with van der Waals surface area (Å²) in [7, 11) is 2.02. The first-order valence-electron chi connectivity index (χ1n) is 8.86. The number of amides is 1. The number of aromatic nitrogens is 1. The maximum atomic E-state index is 12.4. The van der Waals surface area contributed by atoms with Gasteiger partial charge in [0.1, 0.15) is 5.69 Å². The minimum atomic E-state index is 0.0829. The van der Waals surface area contributed by atoms with Gasteiger partial charge in [-0.1, -0.05) is 29.8 Å². The third-order valence-corrected chi connectivity index (χ3v) is 5.18. The fraction of sp³-hybridized carbons (Fsp3) is 0.450. The van der Waals surface area contributed by atoms with Crippen LogP contribution in [0.3, 0.4) is 0 Å². The van der Waals surface area contributed by atoms with Gasteiger partial charge < -0.3 is 9.88 Å². The molecule has 1 aliphatic heterocycles. The Kier molecular flexibility index (Phi) is 3.93. The summed E-state index contributed by atoms with van der Waals surface area (Å²) >= 11 is 0. The van der Waals surface area contributed by atoms with Crippen LogP contribution in [0.15, 0.2) is 30.3 Å². The minimum Gasteiger partial charge on any atom is -0.348 e. The summed E-state index contributed by atoms with van der Waals surface area (Å²) in [4.78, 5) is 14.9. The van der Waals surface area contributed by atoms with Gasteiger partial charge in [0.15, 0.2) is 0 Å². The zero-order chi connectivity index (χ0) is 16.7. The average Bonchev–Trinajstić information content (AvgIpc) is 3.32. The summed E-state index contributed by atoms with van der Waals surface area (Å²) in [5.74, 6) is 0.0829. The summed E-state index contributed by atoms with van der Waals surface area (Å²) in [5, 5.41) is 3.10. The number of carbonyl (C=O) groups is 1. The average molecular weight is 323 g/mol. The van der Waals surface area contributed by atoms with E-state index in [1.807, 2.05) is 7.05 Å². The molecule has 2 aromatic rings. The minimum absolute atomic E-state index is 0.0829. The van der Waals surface area contributed by atoms with Crippen LogP contribution in [-0.2, 0) is 26.6 Å². The maximum Gasteiger partial charge on any atom is 0.268 e. The number of nitrogens with one attached hydrogen (secondary N) is 1. The molecule has 0 atom stereocenters. The van der Waals surface area contributed by atoms with E-state index in [0.29, 0.717) is 6.04 Å². The van der Waals surface area contributed by atoms with Gasteiger partial charge in [0.2, 0.25) is 0 Å². The predicted molar refractivity (Wildman–Crippen MR) is 94.9 cm³/mol. The Bertz CT molecular complexity index is 756. The third kappa shape index (κ3) is 3.11. The highest BCUT2D eigenvalue weighted by molar-refractivity contribution is 5.93. The number of carbonyl (C=O) groups excluding carboxylic acids is 1. The first-order valence-corrected chi connectivity index (χ1v) is 8.86. The van der Waals surface area contributed by atoms with Crippen LogP contribution in [0.4, 0.5) is 0 Å². The van der Waals surface area contributed by atoms with Gasteiger partial charge in [0.05, 0.1) is 0 Å². The summed E-state index contributed by atoms with van der Waals surface area (Å²) in [5.41, 5.74) is 6.08. The van der Waals surface area contributed by atoms with Crippen molar-refractivity contribution in [1.29, 1.82) is 0 Å². The highest BCUT2D eigenvalue weighted by Gasteiger charge is 2.27. The third-order valence-electron chi connectivity index (χ3n) is 5.18. The molecule has 0 saturated heterocycles. The molecular formula is C20H25N3O. The van der Waals surface area contributed by atoms with Crippen molar-refractivity contribution in [2.45, 2.75) is 45.3 Å². The van der Waals surface area contributed by atoms with Crippen molar-refractivity contribution in [3.63, 3.8) is 0 Å². The number of hydrogen-bond donors (Lipinski definition) is 1. The molecule has 2 heterocycles. The Balaban J connectivity index is 1.48. The van der Waals surface area contributed by atoms with Gasteiger partial charge in [-0.05, 0) is 37.0 Å². The number of rotatable bonds is 4. The molecule has 1 amide bonds. The first-order chi connectivity index (χ1) is 11.6. The van der Waals surface area contributed by atoms with Crippen LogP contribution in [-0.4, -0.2) is 28.0 Å². The van der Waals surface area contributed by atoms with Gasteiger partial charge in [-0.15, -0.1) is 0 Å². The van der Waals surface area contributed by atoms with E-state index in [-0.39, 0.29) is 5.91 Å². The normalized spacial score (nSPS) is 17.6. The second-order valence-electron chi connectivity index (χ2n) is 7.25. The van der Waals surface area contributed by atoms with Crippen molar-refractivity contribution in [3.05, 3.63) is 58.4 Å². The lowest BCUT2D eigenvalue weighted by Crippen LogP contribution is -2.30. The lowest BCUT2D eigenvalue weighted by Gasteiger charge is -2.27. The standard InChI is InChI=1S/C20H25N3O/c1-14-3-5-15(6-4-14)12-23-10-9-18-16(13-23)11-19(22(18)2)20(24)21-17-7-8-17/h3-6,11,17H,7-10,12-13H2,1-2H3,(H,21,24). The van der Waals surface area contributed by atoms with Crippen molar-refractivity contribution < 1.29 is 4.79 Å². The molecular weight excluding hydrogens is 298 g/mol. The molecule has 24 heavy (non-hydrogen) atoms. The first kappa shape index (κ1) is 15.5. The van der Waals surface area contributed by atoms with E-state index in [2.05, 4.69) is 52.0 Å². The second-order valence-corrected chi connectivity index (χ2v) is 7.25. The van der Waals surface area contributed by atoms with Gasteiger partial charge in [0.25, 0.3) is 5.91 Å². The van der Waals surface area contributed by atoms with E-state index in [1.54, 1.807) is 0 Å². The highest BCUT2D eigenvalue weighted by Crippen LogP contribution is 2.25. The Morgan fingerprint density at radius 1 is 1.25 bits per heavy atom. The smallest absolute Gasteiger partial charge is 0.268 e. The van der Waals surface area contributed by atoms with E-state index >= 15 is 0 Å². The van der Waals surface area contributed by atoms with E-state index < -0.39 is 0 Å². The highest BCUT2D eigenvalue weighted by atomic mass is 16.2. The van der Waals surface area contributed by atoms with Crippen molar-refractivity contribution in [2.24, 2.45) is 7.05 Å². The van der Waals surface area contributed by atoms with Crippen LogP contribution in [0.5, 0.6) is 0 Å². The molecule has 4 rings (SSSR count). The van der Waals surface area contributed by atoms with Gasteiger partial charge in [-0.3, -0.25) is 9.69 Å². The zero-order valence-electron chi connectivity index (χ0n) is 14.5. The van der Waals surface area contributed by atoms with Crippen LogP contribution in [0.25, 0.3) is 0 Å². The Morgan fingerprint density at radius 2 is 2.00 bits per heavy atom. The van der Waals surface area contributed by atoms with E-state index in [9.17, 15) is 4.79 Å². The molecule has 0 radical (unpaired) electrons. The van der Waals surface area contributed by atoms with Crippen LogP contribution in [0.2, 0.25) is 0 Å². The zero-order valence-corrected chi connectivity index (χ0v) is 14.5. The van der Waals surface area contributed by atoms with Crippen LogP contribution in [0, 0.1) is 6.92 Å². The van der Waals surface area contributed by atoms with Crippen molar-refractivity contribution in [3.8, 4) is 0 Å². The van der Waals surface area contributed by atoms with Crippen molar-refractivity contribution in [1.82, 2.24) is 14.8 Å². The second kappa shape index (κ2) is 6.10. The number of aryl methyl sites for hydroxylation is 1. The number of nitrogens with zero attached hydrogens (tertiary/aromatic N) is 2. The van der Waals surface area contributed by atoms with Gasteiger partial charge in [-0.25, -0.2) is 0 Å². The lowest BCUT2D eigenvalue weighted by molar-refractivity contribution is 0.0942. The molecule has 4 heteroatoms. The predicted octanol–water partition coefficient (Wildman–Crippen LogP) is 2.78. The summed E-state index contributed by atoms with van der Waals surface area (Å²) in [6, 6.07) is 11.3. The van der Waals surface area contributed by atoms with Crippen molar-refractivity contribution in [2.75, 3.05) is 6.54 Å². The molecule has 2 aliphatic rings. The lowest BCUT2D eigenvalue weighted by atomic mass is 10.1. The summed E-state index contributed by atoms with van der Waals surface area (Å²) in [6.07, 6.45) is 3.26. The fourth-order valence-corrected chi connectivity index (χ4v) is 3.55. The molecule has 126 valence electrons. The molecule has 0 bridgehead atoms. The van der Waals surface area contributed by atoms with Crippen LogP contribution in [0.1, 0.15) is 45.7 Å². The number of fused-ring (bicyclic) bond motifs is 1. The fourth-order valence-electron chi connectivity index (χ4n) is 3.55. The molecule has 1 aromatic carbocycles. The van der Waals surface area contributed by atoms with E-state index in [0.717, 1.165) is 44.6 Å². The SMILES string of the molecule is Cc1ccc(CN2CCc3c(cc(C(=O)NC4CC4)n3C)C2)cc1. The molecule has 1 fully saturated rings. The molecule has 1 aliphatic carbocycles. The molecule has 0 unspecified atom stereocenters. The van der Waals surface area contributed by atoms with Gasteiger partial charge in [-0.2, -0.15) is 0 Å². The molecule has 1 saturated carbocycles. The number of hydrogen-bond acceptors (Lipinski definition) is 2. The number of benzene rings is 1. The quantitative estimate of drug-likeness (QED) is 0.939. The van der Waals surface area contributed by atoms with Gasteiger partial charge >= 0.3 is 0 Å². The molecule has 1 N–H and O–H groups in total. The Morgan fingerprint density at radius 3 is 2.71 bits per heavy atom. The van der Waals surface area contributed by atoms with Crippen LogP contribution < -0.4 is 5.32 Å². The molecule has 1 aromatic heterocycles. The van der Waals surface area contributed by atoms with E-state index in [4.69, 9.17) is 0 Å². The van der Waals surface area contributed by atoms with Crippen molar-refractivity contribution >= 4 is 5.91 Å². The Hall–Kier alpha value is -2.07. The topological polar surface area (TPSA) is 37.3 Å². The summed E-state index contributed by atoms with van der Waals surface area (Å²) in [6.45, 7) is 5.06. The molecule has 4 nitrogen and oxygen atoms in total. The summed E-state index contributed by atoms with van der Waals surface area (Å²) < 4.78 is 2.09. The van der Waals surface area contributed by atoms with Gasteiger partial charge in [0, 0.05) is 44.8 Å². The largest absolute Gasteiger partial charge is 0.348 e.